The Bertz CT molecular complexity index is 468. The molecule has 1 amide bonds. The second-order valence-corrected chi connectivity index (χ2v) is 6.14. The number of para-hydroxylation sites is 2. The average molecular weight is 274 g/mol. The minimum Gasteiger partial charge on any atom is -0.370 e. The van der Waals surface area contributed by atoms with E-state index in [1.807, 2.05) is 43.0 Å². The molecule has 0 saturated carbocycles. The normalized spacial score (nSPS) is 16.8. The molecule has 0 fully saturated rings. The summed E-state index contributed by atoms with van der Waals surface area (Å²) in [4.78, 5) is 14.5. The Balaban J connectivity index is 2.07. The Morgan fingerprint density at radius 3 is 2.55 bits per heavy atom. The lowest BCUT2D eigenvalue weighted by Gasteiger charge is -2.40. The zero-order chi connectivity index (χ0) is 14.6. The highest BCUT2D eigenvalue weighted by Gasteiger charge is 2.37. The number of amides is 1. The van der Waals surface area contributed by atoms with Crippen molar-refractivity contribution in [2.75, 3.05) is 16.8 Å². The minimum absolute atomic E-state index is 0.173. The quantitative estimate of drug-likeness (QED) is 0.789. The number of carbonyl (C=O) groups excluding carboxylic acids is 1. The molecule has 1 aliphatic heterocycles. The standard InChI is InChI=1S/C17H26N2O/c1-4-5-6-7-10-13-19-15-12-9-8-11-14(15)18-17(2,3)16(19)20/h8-9,11-12,18H,4-7,10,13H2,1-3H3. The molecule has 2 rings (SSSR count). The van der Waals surface area contributed by atoms with Crippen molar-refractivity contribution in [1.82, 2.24) is 0 Å². The lowest BCUT2D eigenvalue weighted by atomic mass is 9.97. The van der Waals surface area contributed by atoms with Gasteiger partial charge in [-0.1, -0.05) is 44.7 Å². The molecule has 110 valence electrons. The molecule has 0 bridgehead atoms. The van der Waals surface area contributed by atoms with Crippen molar-refractivity contribution in [1.29, 1.82) is 0 Å². The monoisotopic (exact) mass is 274 g/mol. The topological polar surface area (TPSA) is 32.3 Å². The van der Waals surface area contributed by atoms with E-state index in [1.165, 1.54) is 25.7 Å². The van der Waals surface area contributed by atoms with Crippen LogP contribution in [0.15, 0.2) is 24.3 Å². The third-order valence-corrected chi connectivity index (χ3v) is 3.91. The third kappa shape index (κ3) is 3.14. The van der Waals surface area contributed by atoms with Gasteiger partial charge in [-0.3, -0.25) is 4.79 Å². The largest absolute Gasteiger partial charge is 0.370 e. The molecule has 1 aliphatic rings. The number of anilines is 2. The molecule has 3 nitrogen and oxygen atoms in total. The van der Waals surface area contributed by atoms with Crippen molar-refractivity contribution < 1.29 is 4.79 Å². The molecule has 0 atom stereocenters. The van der Waals surface area contributed by atoms with Crippen LogP contribution < -0.4 is 10.2 Å². The summed E-state index contributed by atoms with van der Waals surface area (Å²) in [6, 6.07) is 8.09. The first-order valence-corrected chi connectivity index (χ1v) is 7.75. The van der Waals surface area contributed by atoms with Gasteiger partial charge in [0, 0.05) is 6.54 Å². The van der Waals surface area contributed by atoms with Crippen LogP contribution in [0.4, 0.5) is 11.4 Å². The molecule has 1 aromatic carbocycles. The molecule has 1 N–H and O–H groups in total. The van der Waals surface area contributed by atoms with Crippen LogP contribution in [-0.2, 0) is 4.79 Å². The molecule has 20 heavy (non-hydrogen) atoms. The highest BCUT2D eigenvalue weighted by atomic mass is 16.2. The van der Waals surface area contributed by atoms with Crippen LogP contribution in [0, 0.1) is 0 Å². The molecule has 0 unspecified atom stereocenters. The van der Waals surface area contributed by atoms with Gasteiger partial charge in [0.1, 0.15) is 5.54 Å². The van der Waals surface area contributed by atoms with Crippen LogP contribution in [0.2, 0.25) is 0 Å². The van der Waals surface area contributed by atoms with Crippen molar-refractivity contribution in [2.24, 2.45) is 0 Å². The summed E-state index contributed by atoms with van der Waals surface area (Å²) in [6.07, 6.45) is 6.09. The highest BCUT2D eigenvalue weighted by molar-refractivity contribution is 6.07. The Hall–Kier alpha value is -1.51. The Labute approximate surface area is 122 Å². The average Bonchev–Trinajstić information content (AvgIpc) is 2.42. The summed E-state index contributed by atoms with van der Waals surface area (Å²) in [5.41, 5.74) is 1.57. The molecule has 0 aromatic heterocycles. The van der Waals surface area contributed by atoms with Crippen LogP contribution in [0.5, 0.6) is 0 Å². The molecule has 1 aromatic rings. The van der Waals surface area contributed by atoms with Gasteiger partial charge in [0.25, 0.3) is 5.91 Å². The minimum atomic E-state index is -0.516. The molecule has 0 saturated heterocycles. The van der Waals surface area contributed by atoms with E-state index in [0.29, 0.717) is 0 Å². The number of fused-ring (bicyclic) bond motifs is 1. The molecular weight excluding hydrogens is 248 g/mol. The van der Waals surface area contributed by atoms with Crippen LogP contribution in [0.3, 0.4) is 0 Å². The molecule has 3 heteroatoms. The summed E-state index contributed by atoms with van der Waals surface area (Å²) in [5.74, 6) is 0.173. The van der Waals surface area contributed by atoms with Crippen LogP contribution in [0.1, 0.15) is 52.9 Å². The first-order chi connectivity index (χ1) is 9.56. The number of hydrogen-bond donors (Lipinski definition) is 1. The molecular formula is C17H26N2O. The Morgan fingerprint density at radius 1 is 1.10 bits per heavy atom. The fourth-order valence-electron chi connectivity index (χ4n) is 2.75. The first-order valence-electron chi connectivity index (χ1n) is 7.75. The number of unbranched alkanes of at least 4 members (excludes halogenated alkanes) is 4. The molecule has 0 aliphatic carbocycles. The summed E-state index contributed by atoms with van der Waals surface area (Å²) in [7, 11) is 0. The fourth-order valence-corrected chi connectivity index (χ4v) is 2.75. The second kappa shape index (κ2) is 6.29. The maximum Gasteiger partial charge on any atom is 0.252 e. The summed E-state index contributed by atoms with van der Waals surface area (Å²) >= 11 is 0. The molecule has 0 radical (unpaired) electrons. The third-order valence-electron chi connectivity index (χ3n) is 3.91. The van der Waals surface area contributed by atoms with Gasteiger partial charge < -0.3 is 10.2 Å². The summed E-state index contributed by atoms with van der Waals surface area (Å²) < 4.78 is 0. The summed E-state index contributed by atoms with van der Waals surface area (Å²) in [6.45, 7) is 6.95. The SMILES string of the molecule is CCCCCCCN1C(=O)C(C)(C)Nc2ccccc21. The van der Waals surface area contributed by atoms with E-state index in [2.05, 4.69) is 12.2 Å². The van der Waals surface area contributed by atoms with Gasteiger partial charge in [0.2, 0.25) is 0 Å². The van der Waals surface area contributed by atoms with E-state index in [0.717, 1.165) is 24.3 Å². The highest BCUT2D eigenvalue weighted by Crippen LogP contribution is 2.35. The number of nitrogens with one attached hydrogen (secondary N) is 1. The maximum atomic E-state index is 12.6. The van der Waals surface area contributed by atoms with Crippen LogP contribution in [0.25, 0.3) is 0 Å². The van der Waals surface area contributed by atoms with E-state index in [1.54, 1.807) is 0 Å². The van der Waals surface area contributed by atoms with Crippen molar-refractivity contribution in [3.05, 3.63) is 24.3 Å². The first kappa shape index (κ1) is 14.9. The van der Waals surface area contributed by atoms with Gasteiger partial charge in [-0.05, 0) is 32.4 Å². The predicted octanol–water partition coefficient (Wildman–Crippen LogP) is 4.19. The predicted molar refractivity (Wildman–Crippen MR) is 85.3 cm³/mol. The lowest BCUT2D eigenvalue weighted by Crippen LogP contribution is -2.54. The van der Waals surface area contributed by atoms with Crippen molar-refractivity contribution in [2.45, 2.75) is 58.4 Å². The van der Waals surface area contributed by atoms with Gasteiger partial charge in [-0.25, -0.2) is 0 Å². The zero-order valence-electron chi connectivity index (χ0n) is 12.9. The fraction of sp³-hybridized carbons (Fsp3) is 0.588. The smallest absolute Gasteiger partial charge is 0.252 e. The lowest BCUT2D eigenvalue weighted by molar-refractivity contribution is -0.122. The van der Waals surface area contributed by atoms with Gasteiger partial charge in [-0.15, -0.1) is 0 Å². The van der Waals surface area contributed by atoms with E-state index in [-0.39, 0.29) is 5.91 Å². The number of rotatable bonds is 6. The zero-order valence-corrected chi connectivity index (χ0v) is 12.9. The number of nitrogens with zero attached hydrogens (tertiary/aromatic N) is 1. The van der Waals surface area contributed by atoms with Gasteiger partial charge in [0.05, 0.1) is 11.4 Å². The Kier molecular flexibility index (Phi) is 4.69. The Morgan fingerprint density at radius 2 is 1.80 bits per heavy atom. The van der Waals surface area contributed by atoms with Gasteiger partial charge in [0.15, 0.2) is 0 Å². The maximum absolute atomic E-state index is 12.6. The molecule has 1 heterocycles. The van der Waals surface area contributed by atoms with Crippen molar-refractivity contribution in [3.63, 3.8) is 0 Å². The number of carbonyl (C=O) groups is 1. The van der Waals surface area contributed by atoms with E-state index < -0.39 is 5.54 Å². The van der Waals surface area contributed by atoms with Crippen LogP contribution >= 0.6 is 0 Å². The van der Waals surface area contributed by atoms with Crippen molar-refractivity contribution in [3.8, 4) is 0 Å². The van der Waals surface area contributed by atoms with E-state index in [9.17, 15) is 4.79 Å². The van der Waals surface area contributed by atoms with E-state index in [4.69, 9.17) is 0 Å². The van der Waals surface area contributed by atoms with Crippen LogP contribution in [-0.4, -0.2) is 18.0 Å². The van der Waals surface area contributed by atoms with E-state index >= 15 is 0 Å². The van der Waals surface area contributed by atoms with Gasteiger partial charge >= 0.3 is 0 Å². The molecule has 0 spiro atoms. The number of hydrogen-bond acceptors (Lipinski definition) is 2. The van der Waals surface area contributed by atoms with Crippen molar-refractivity contribution >= 4 is 17.3 Å². The van der Waals surface area contributed by atoms with Gasteiger partial charge in [-0.2, -0.15) is 0 Å². The summed E-state index contributed by atoms with van der Waals surface area (Å²) in [5, 5.41) is 3.34. The number of benzene rings is 1. The second-order valence-electron chi connectivity index (χ2n) is 6.14.